The van der Waals surface area contributed by atoms with Crippen molar-refractivity contribution in [3.8, 4) is 0 Å². The van der Waals surface area contributed by atoms with Crippen LogP contribution in [0.15, 0.2) is 54.9 Å². The molecule has 0 aliphatic rings. The fourth-order valence-electron chi connectivity index (χ4n) is 2.35. The van der Waals surface area contributed by atoms with Crippen LogP contribution in [0.25, 0.3) is 10.9 Å². The highest BCUT2D eigenvalue weighted by molar-refractivity contribution is 5.89. The number of aryl methyl sites for hydroxylation is 1. The van der Waals surface area contributed by atoms with Gasteiger partial charge in [0, 0.05) is 6.54 Å². The van der Waals surface area contributed by atoms with Gasteiger partial charge in [-0.15, -0.1) is 0 Å². The normalized spacial score (nSPS) is 10.7. The molecule has 0 unspecified atom stereocenters. The molecule has 4 heteroatoms. The van der Waals surface area contributed by atoms with Gasteiger partial charge in [0.2, 0.25) is 0 Å². The Balaban J connectivity index is 1.66. The summed E-state index contributed by atoms with van der Waals surface area (Å²) in [5.41, 5.74) is 1.92. The first-order valence-electron chi connectivity index (χ1n) is 7.01. The van der Waals surface area contributed by atoms with Crippen LogP contribution >= 0.6 is 0 Å². The van der Waals surface area contributed by atoms with Crippen LogP contribution in [0.5, 0.6) is 0 Å². The molecule has 0 aliphatic heterocycles. The fraction of sp³-hybridized carbons (Fsp3) is 0.176. The van der Waals surface area contributed by atoms with E-state index < -0.39 is 0 Å². The number of aromatic nitrogens is 2. The zero-order valence-electron chi connectivity index (χ0n) is 11.6. The van der Waals surface area contributed by atoms with Crippen molar-refractivity contribution in [2.45, 2.75) is 12.8 Å². The summed E-state index contributed by atoms with van der Waals surface area (Å²) in [6, 6.07) is 15.2. The average Bonchev–Trinajstić information content (AvgIpc) is 2.53. The highest BCUT2D eigenvalue weighted by Crippen LogP contribution is 2.22. The largest absolute Gasteiger partial charge is 0.369 e. The van der Waals surface area contributed by atoms with Gasteiger partial charge < -0.3 is 5.32 Å². The van der Waals surface area contributed by atoms with Crippen molar-refractivity contribution in [3.05, 3.63) is 66.2 Å². The summed E-state index contributed by atoms with van der Waals surface area (Å²) in [6.45, 7) is 0.745. The number of nitrogens with zero attached hydrogens (tertiary/aromatic N) is 2. The molecule has 0 atom stereocenters. The zero-order valence-corrected chi connectivity index (χ0v) is 11.6. The molecule has 0 saturated heterocycles. The first-order valence-corrected chi connectivity index (χ1v) is 7.01. The smallest absolute Gasteiger partial charge is 0.140 e. The summed E-state index contributed by atoms with van der Waals surface area (Å²) in [6.07, 6.45) is 3.41. The van der Waals surface area contributed by atoms with Gasteiger partial charge in [0.15, 0.2) is 0 Å². The second-order valence-corrected chi connectivity index (χ2v) is 4.87. The number of halogens is 1. The topological polar surface area (TPSA) is 37.8 Å². The monoisotopic (exact) mass is 281 g/mol. The Hall–Kier alpha value is -2.49. The van der Waals surface area contributed by atoms with E-state index in [9.17, 15) is 4.39 Å². The lowest BCUT2D eigenvalue weighted by molar-refractivity contribution is 0.639. The van der Waals surface area contributed by atoms with Gasteiger partial charge in [0.25, 0.3) is 0 Å². The van der Waals surface area contributed by atoms with Gasteiger partial charge in [0.05, 0.1) is 10.9 Å². The van der Waals surface area contributed by atoms with Crippen LogP contribution in [0.1, 0.15) is 12.0 Å². The van der Waals surface area contributed by atoms with Gasteiger partial charge >= 0.3 is 0 Å². The molecule has 1 N–H and O–H groups in total. The Labute approximate surface area is 122 Å². The molecule has 1 aromatic heterocycles. The van der Waals surface area contributed by atoms with Crippen molar-refractivity contribution in [2.75, 3.05) is 11.9 Å². The van der Waals surface area contributed by atoms with Gasteiger partial charge in [0.1, 0.15) is 18.0 Å². The predicted molar refractivity (Wildman–Crippen MR) is 82.7 cm³/mol. The molecule has 0 aliphatic carbocycles. The van der Waals surface area contributed by atoms with Crippen molar-refractivity contribution in [1.82, 2.24) is 9.97 Å². The first-order chi connectivity index (χ1) is 10.3. The third kappa shape index (κ3) is 3.16. The van der Waals surface area contributed by atoms with Crippen LogP contribution in [0.3, 0.4) is 0 Å². The van der Waals surface area contributed by atoms with Crippen LogP contribution in [0.2, 0.25) is 0 Å². The lowest BCUT2D eigenvalue weighted by Crippen LogP contribution is -2.06. The quantitative estimate of drug-likeness (QED) is 0.723. The van der Waals surface area contributed by atoms with E-state index in [4.69, 9.17) is 0 Å². The molecule has 0 amide bonds. The number of anilines is 1. The molecule has 106 valence electrons. The zero-order chi connectivity index (χ0) is 14.5. The van der Waals surface area contributed by atoms with Gasteiger partial charge in [-0.1, -0.05) is 36.4 Å². The molecule has 1 heterocycles. The van der Waals surface area contributed by atoms with Crippen LogP contribution < -0.4 is 5.32 Å². The molecule has 0 fully saturated rings. The molecule has 0 saturated carbocycles. The van der Waals surface area contributed by atoms with E-state index in [2.05, 4.69) is 27.4 Å². The number of rotatable bonds is 5. The third-order valence-corrected chi connectivity index (χ3v) is 3.39. The van der Waals surface area contributed by atoms with Crippen molar-refractivity contribution >= 4 is 16.7 Å². The van der Waals surface area contributed by atoms with Crippen LogP contribution in [-0.4, -0.2) is 16.5 Å². The molecule has 2 aromatic carbocycles. The van der Waals surface area contributed by atoms with Crippen molar-refractivity contribution in [3.63, 3.8) is 0 Å². The van der Waals surface area contributed by atoms with Crippen LogP contribution in [0.4, 0.5) is 10.2 Å². The summed E-state index contributed by atoms with van der Waals surface area (Å²) in [5.74, 6) is 0.268. The average molecular weight is 281 g/mol. The predicted octanol–water partition coefficient (Wildman–Crippen LogP) is 3.81. The minimum Gasteiger partial charge on any atom is -0.369 e. The maximum absolute atomic E-state index is 13.9. The molecule has 0 radical (unpaired) electrons. The van der Waals surface area contributed by atoms with Gasteiger partial charge in [-0.2, -0.15) is 0 Å². The summed E-state index contributed by atoms with van der Waals surface area (Å²) < 4.78 is 13.9. The number of nitrogens with one attached hydrogen (secondary N) is 1. The Morgan fingerprint density at radius 2 is 1.81 bits per heavy atom. The number of hydrogen-bond donors (Lipinski definition) is 1. The first kappa shape index (κ1) is 13.5. The standard InChI is InChI=1S/C17H16FN3/c18-14-9-4-10-15-16(14)17(21-12-20-15)19-11-5-8-13-6-2-1-3-7-13/h1-4,6-7,9-10,12H,5,8,11H2,(H,19,20,21). The fourth-order valence-corrected chi connectivity index (χ4v) is 2.35. The lowest BCUT2D eigenvalue weighted by Gasteiger charge is -2.08. The summed E-state index contributed by atoms with van der Waals surface area (Å²) in [7, 11) is 0. The number of benzene rings is 2. The molecule has 3 nitrogen and oxygen atoms in total. The van der Waals surface area contributed by atoms with Gasteiger partial charge in [-0.05, 0) is 30.5 Å². The van der Waals surface area contributed by atoms with E-state index in [0.717, 1.165) is 19.4 Å². The highest BCUT2D eigenvalue weighted by atomic mass is 19.1. The SMILES string of the molecule is Fc1cccc2ncnc(NCCCc3ccccc3)c12. The molecular weight excluding hydrogens is 265 g/mol. The van der Waals surface area contributed by atoms with Crippen molar-refractivity contribution in [2.24, 2.45) is 0 Å². The molecule has 0 spiro atoms. The molecule has 21 heavy (non-hydrogen) atoms. The lowest BCUT2D eigenvalue weighted by atomic mass is 10.1. The molecule has 0 bridgehead atoms. The molecule has 3 aromatic rings. The third-order valence-electron chi connectivity index (χ3n) is 3.39. The number of hydrogen-bond acceptors (Lipinski definition) is 3. The Kier molecular flexibility index (Phi) is 4.05. The highest BCUT2D eigenvalue weighted by Gasteiger charge is 2.07. The van der Waals surface area contributed by atoms with E-state index in [1.54, 1.807) is 12.1 Å². The molecular formula is C17H16FN3. The van der Waals surface area contributed by atoms with Crippen LogP contribution in [-0.2, 0) is 6.42 Å². The second kappa shape index (κ2) is 6.31. The maximum Gasteiger partial charge on any atom is 0.140 e. The van der Waals surface area contributed by atoms with E-state index in [-0.39, 0.29) is 5.82 Å². The minimum atomic E-state index is -0.293. The van der Waals surface area contributed by atoms with E-state index in [1.807, 2.05) is 18.2 Å². The van der Waals surface area contributed by atoms with E-state index in [1.165, 1.54) is 18.0 Å². The van der Waals surface area contributed by atoms with Gasteiger partial charge in [-0.3, -0.25) is 0 Å². The maximum atomic E-state index is 13.9. The second-order valence-electron chi connectivity index (χ2n) is 4.87. The number of fused-ring (bicyclic) bond motifs is 1. The van der Waals surface area contributed by atoms with E-state index in [0.29, 0.717) is 16.7 Å². The molecule has 3 rings (SSSR count). The summed E-state index contributed by atoms with van der Waals surface area (Å²) >= 11 is 0. The van der Waals surface area contributed by atoms with Gasteiger partial charge in [-0.25, -0.2) is 14.4 Å². The van der Waals surface area contributed by atoms with Crippen LogP contribution in [0, 0.1) is 5.82 Å². The van der Waals surface area contributed by atoms with E-state index >= 15 is 0 Å². The summed E-state index contributed by atoms with van der Waals surface area (Å²) in [4.78, 5) is 8.24. The Bertz CT molecular complexity index is 723. The minimum absolute atomic E-state index is 0.293. The Morgan fingerprint density at radius 1 is 0.952 bits per heavy atom. The van der Waals surface area contributed by atoms with Crippen molar-refractivity contribution in [1.29, 1.82) is 0 Å². The Morgan fingerprint density at radius 3 is 2.67 bits per heavy atom. The summed E-state index contributed by atoms with van der Waals surface area (Å²) in [5, 5.41) is 3.67. The van der Waals surface area contributed by atoms with Crippen molar-refractivity contribution < 1.29 is 4.39 Å².